The normalized spacial score (nSPS) is 12.5. The summed E-state index contributed by atoms with van der Waals surface area (Å²) in [5.41, 5.74) is 0.815. The summed E-state index contributed by atoms with van der Waals surface area (Å²) in [7, 11) is 1.57. The summed E-state index contributed by atoms with van der Waals surface area (Å²) in [5, 5.41) is 3.19. The van der Waals surface area contributed by atoms with Crippen LogP contribution >= 0.6 is 0 Å². The maximum absolute atomic E-state index is 12.7. The number of aryl methyl sites for hydroxylation is 2. The third-order valence-corrected chi connectivity index (χ3v) is 3.75. The van der Waals surface area contributed by atoms with Gasteiger partial charge in [-0.25, -0.2) is 4.98 Å². The summed E-state index contributed by atoms with van der Waals surface area (Å²) in [4.78, 5) is 29.1. The zero-order valence-electron chi connectivity index (χ0n) is 13.3. The van der Waals surface area contributed by atoms with Crippen LogP contribution in [0.5, 0.6) is 0 Å². The molecule has 120 valence electrons. The number of furan rings is 1. The summed E-state index contributed by atoms with van der Waals surface area (Å²) >= 11 is 0. The number of aromatic nitrogens is 2. The van der Waals surface area contributed by atoms with Crippen molar-refractivity contribution in [1.82, 2.24) is 14.9 Å². The van der Waals surface area contributed by atoms with Gasteiger partial charge in [0.15, 0.2) is 0 Å². The van der Waals surface area contributed by atoms with E-state index in [2.05, 4.69) is 10.3 Å². The molecular weight excluding hydrogens is 286 g/mol. The van der Waals surface area contributed by atoms with Gasteiger partial charge in [-0.1, -0.05) is 6.92 Å². The monoisotopic (exact) mass is 307 g/mol. The molecule has 22 heavy (non-hydrogen) atoms. The van der Waals surface area contributed by atoms with Crippen LogP contribution < -0.4 is 10.9 Å². The van der Waals surface area contributed by atoms with Gasteiger partial charge in [0.1, 0.15) is 23.5 Å². The first-order chi connectivity index (χ1) is 10.5. The van der Waals surface area contributed by atoms with Crippen molar-refractivity contribution in [2.75, 3.05) is 20.3 Å². The Morgan fingerprint density at radius 1 is 1.50 bits per heavy atom. The minimum absolute atomic E-state index is 0.222. The number of nitrogens with one attached hydrogen (secondary N) is 1. The standard InChI is InChI=1S/C15H21N3O4/c1-5-11(13(19)16-6-7-21-4)18-8-17-14-12(15(18)20)9(2)10(3)22-14/h8,11H,5-7H2,1-4H3,(H,16,19)/t11-/m1/s1. The molecule has 0 unspecified atom stereocenters. The Labute approximate surface area is 128 Å². The molecule has 0 aliphatic rings. The lowest BCUT2D eigenvalue weighted by molar-refractivity contribution is -0.124. The lowest BCUT2D eigenvalue weighted by Gasteiger charge is -2.17. The van der Waals surface area contributed by atoms with E-state index in [-0.39, 0.29) is 11.5 Å². The van der Waals surface area contributed by atoms with Gasteiger partial charge in [0, 0.05) is 19.2 Å². The van der Waals surface area contributed by atoms with E-state index in [0.29, 0.717) is 36.4 Å². The highest BCUT2D eigenvalue weighted by molar-refractivity contribution is 5.81. The van der Waals surface area contributed by atoms with Crippen molar-refractivity contribution >= 4 is 17.0 Å². The molecule has 7 nitrogen and oxygen atoms in total. The Bertz CT molecular complexity index is 732. The lowest BCUT2D eigenvalue weighted by atomic mass is 10.2. The molecule has 2 heterocycles. The van der Waals surface area contributed by atoms with Crippen LogP contribution in [0.15, 0.2) is 15.5 Å². The van der Waals surface area contributed by atoms with Gasteiger partial charge in [-0.2, -0.15) is 0 Å². The Kier molecular flexibility index (Phi) is 4.97. The molecule has 0 saturated carbocycles. The average Bonchev–Trinajstić information content (AvgIpc) is 2.78. The molecule has 0 aliphatic carbocycles. The van der Waals surface area contributed by atoms with Crippen molar-refractivity contribution in [3.63, 3.8) is 0 Å². The van der Waals surface area contributed by atoms with Crippen molar-refractivity contribution in [3.05, 3.63) is 28.0 Å². The van der Waals surface area contributed by atoms with Gasteiger partial charge in [0.05, 0.1) is 6.61 Å². The van der Waals surface area contributed by atoms with E-state index in [1.807, 2.05) is 13.8 Å². The Hall–Kier alpha value is -2.15. The van der Waals surface area contributed by atoms with Crippen molar-refractivity contribution in [3.8, 4) is 0 Å². The fraction of sp³-hybridized carbons (Fsp3) is 0.533. The van der Waals surface area contributed by atoms with Crippen LogP contribution in [0, 0.1) is 13.8 Å². The van der Waals surface area contributed by atoms with Gasteiger partial charge < -0.3 is 14.5 Å². The topological polar surface area (TPSA) is 86.4 Å². The molecule has 0 aliphatic heterocycles. The van der Waals surface area contributed by atoms with Crippen molar-refractivity contribution in [1.29, 1.82) is 0 Å². The van der Waals surface area contributed by atoms with Gasteiger partial charge in [-0.05, 0) is 20.3 Å². The second-order valence-electron chi connectivity index (χ2n) is 5.13. The Morgan fingerprint density at radius 2 is 2.23 bits per heavy atom. The molecule has 0 spiro atoms. The zero-order chi connectivity index (χ0) is 16.3. The number of fused-ring (bicyclic) bond motifs is 1. The van der Waals surface area contributed by atoms with Crippen LogP contribution in [-0.2, 0) is 9.53 Å². The molecule has 0 saturated heterocycles. The predicted octanol–water partition coefficient (Wildman–Crippen LogP) is 1.32. The van der Waals surface area contributed by atoms with Crippen LogP contribution in [0.4, 0.5) is 0 Å². The van der Waals surface area contributed by atoms with Crippen LogP contribution in [0.3, 0.4) is 0 Å². The van der Waals surface area contributed by atoms with E-state index < -0.39 is 6.04 Å². The molecule has 2 aromatic rings. The first-order valence-corrected chi connectivity index (χ1v) is 7.24. The van der Waals surface area contributed by atoms with Crippen LogP contribution in [0.25, 0.3) is 11.1 Å². The summed E-state index contributed by atoms with van der Waals surface area (Å²) in [5.74, 6) is 0.440. The molecule has 1 amide bonds. The molecule has 2 rings (SSSR count). The van der Waals surface area contributed by atoms with Crippen molar-refractivity contribution < 1.29 is 13.9 Å². The van der Waals surface area contributed by atoms with Crippen LogP contribution in [0.2, 0.25) is 0 Å². The predicted molar refractivity (Wildman–Crippen MR) is 82.0 cm³/mol. The van der Waals surface area contributed by atoms with Crippen LogP contribution in [-0.4, -0.2) is 35.7 Å². The smallest absolute Gasteiger partial charge is 0.265 e. The molecule has 1 atom stereocenters. The van der Waals surface area contributed by atoms with Gasteiger partial charge >= 0.3 is 0 Å². The largest absolute Gasteiger partial charge is 0.443 e. The fourth-order valence-corrected chi connectivity index (χ4v) is 2.37. The van der Waals surface area contributed by atoms with Gasteiger partial charge in [0.2, 0.25) is 11.6 Å². The molecule has 0 bridgehead atoms. The first kappa shape index (κ1) is 16.2. The van der Waals surface area contributed by atoms with E-state index in [1.54, 1.807) is 14.0 Å². The second-order valence-corrected chi connectivity index (χ2v) is 5.13. The van der Waals surface area contributed by atoms with E-state index in [1.165, 1.54) is 10.9 Å². The lowest BCUT2D eigenvalue weighted by Crippen LogP contribution is -2.38. The maximum Gasteiger partial charge on any atom is 0.265 e. The number of rotatable bonds is 6. The Balaban J connectivity index is 2.39. The van der Waals surface area contributed by atoms with Gasteiger partial charge in [-0.15, -0.1) is 0 Å². The SMILES string of the molecule is CC[C@H](C(=O)NCCOC)n1cnc2oc(C)c(C)c2c1=O. The zero-order valence-corrected chi connectivity index (χ0v) is 13.3. The number of hydrogen-bond donors (Lipinski definition) is 1. The molecule has 0 radical (unpaired) electrons. The molecular formula is C15H21N3O4. The fourth-order valence-electron chi connectivity index (χ4n) is 2.37. The first-order valence-electron chi connectivity index (χ1n) is 7.24. The highest BCUT2D eigenvalue weighted by Gasteiger charge is 2.22. The number of methoxy groups -OCH3 is 1. The summed E-state index contributed by atoms with van der Waals surface area (Å²) in [6.07, 6.45) is 1.86. The molecule has 0 fully saturated rings. The maximum atomic E-state index is 12.7. The van der Waals surface area contributed by atoms with Crippen LogP contribution in [0.1, 0.15) is 30.7 Å². The number of carbonyl (C=O) groups excluding carboxylic acids is 1. The summed E-state index contributed by atoms with van der Waals surface area (Å²) in [6, 6.07) is -0.601. The number of hydrogen-bond acceptors (Lipinski definition) is 5. The van der Waals surface area contributed by atoms with Crippen molar-refractivity contribution in [2.24, 2.45) is 0 Å². The van der Waals surface area contributed by atoms with E-state index >= 15 is 0 Å². The van der Waals surface area contributed by atoms with E-state index in [9.17, 15) is 9.59 Å². The molecule has 7 heteroatoms. The number of carbonyl (C=O) groups is 1. The number of nitrogens with zero attached hydrogens (tertiary/aromatic N) is 2. The Morgan fingerprint density at radius 3 is 2.86 bits per heavy atom. The number of ether oxygens (including phenoxy) is 1. The minimum atomic E-state index is -0.601. The highest BCUT2D eigenvalue weighted by Crippen LogP contribution is 2.20. The molecule has 2 aromatic heterocycles. The van der Waals surface area contributed by atoms with Gasteiger partial charge in [0.25, 0.3) is 5.56 Å². The summed E-state index contributed by atoms with van der Waals surface area (Å²) < 4.78 is 11.7. The van der Waals surface area contributed by atoms with E-state index in [0.717, 1.165) is 5.56 Å². The second kappa shape index (κ2) is 6.74. The third kappa shape index (κ3) is 2.89. The number of amides is 1. The third-order valence-electron chi connectivity index (χ3n) is 3.75. The summed E-state index contributed by atoms with van der Waals surface area (Å²) in [6.45, 7) is 6.28. The quantitative estimate of drug-likeness (QED) is 0.813. The molecule has 0 aromatic carbocycles. The average molecular weight is 307 g/mol. The van der Waals surface area contributed by atoms with Crippen molar-refractivity contribution in [2.45, 2.75) is 33.2 Å². The van der Waals surface area contributed by atoms with Gasteiger partial charge in [-0.3, -0.25) is 14.2 Å². The highest BCUT2D eigenvalue weighted by atomic mass is 16.5. The van der Waals surface area contributed by atoms with E-state index in [4.69, 9.17) is 9.15 Å². The molecule has 1 N–H and O–H groups in total. The minimum Gasteiger partial charge on any atom is -0.443 e.